The third-order valence-corrected chi connectivity index (χ3v) is 5.80. The predicted octanol–water partition coefficient (Wildman–Crippen LogP) is 3.93. The number of hydrogen-bond donors (Lipinski definition) is 0. The number of carbonyl (C=O) groups is 2. The van der Waals surface area contributed by atoms with Crippen LogP contribution in [0.2, 0.25) is 0 Å². The fourth-order valence-electron chi connectivity index (χ4n) is 4.59. The van der Waals surface area contributed by atoms with Gasteiger partial charge < -0.3 is 0 Å². The number of likely N-dealkylation sites (tertiary alicyclic amines) is 1. The molecule has 2 fully saturated rings. The number of fused-ring (bicyclic) bond motifs is 5. The van der Waals surface area contributed by atoms with Gasteiger partial charge in [-0.3, -0.25) is 14.5 Å². The predicted molar refractivity (Wildman–Crippen MR) is 87.0 cm³/mol. The monoisotopic (exact) mass is 303 g/mol. The number of rotatable bonds is 9. The second kappa shape index (κ2) is 6.97. The first kappa shape index (κ1) is 15.8. The van der Waals surface area contributed by atoms with E-state index in [-0.39, 0.29) is 23.7 Å². The number of amides is 2. The van der Waals surface area contributed by atoms with Gasteiger partial charge in [-0.25, -0.2) is 0 Å². The maximum atomic E-state index is 12.5. The SMILES string of the molecule is CCCCCCCCCCN1C(=O)[C@@H]2[C@H](C1=O)[C@H]1C=C[C@@H]2C1. The van der Waals surface area contributed by atoms with Gasteiger partial charge in [0, 0.05) is 6.54 Å². The van der Waals surface area contributed by atoms with E-state index < -0.39 is 0 Å². The molecule has 3 rings (SSSR count). The van der Waals surface area contributed by atoms with Crippen molar-refractivity contribution < 1.29 is 9.59 Å². The minimum Gasteiger partial charge on any atom is -0.282 e. The summed E-state index contributed by atoms with van der Waals surface area (Å²) in [7, 11) is 0. The van der Waals surface area contributed by atoms with E-state index in [1.165, 1.54) is 38.5 Å². The van der Waals surface area contributed by atoms with Gasteiger partial charge in [0.15, 0.2) is 0 Å². The summed E-state index contributed by atoms with van der Waals surface area (Å²) >= 11 is 0. The normalized spacial score (nSPS) is 32.3. The van der Waals surface area contributed by atoms with Crippen LogP contribution in [0.1, 0.15) is 64.7 Å². The van der Waals surface area contributed by atoms with Crippen LogP contribution >= 0.6 is 0 Å². The van der Waals surface area contributed by atoms with Crippen molar-refractivity contribution in [2.45, 2.75) is 64.7 Å². The van der Waals surface area contributed by atoms with E-state index in [4.69, 9.17) is 0 Å². The molecule has 122 valence electrons. The number of carbonyl (C=O) groups excluding carboxylic acids is 2. The van der Waals surface area contributed by atoms with Crippen molar-refractivity contribution in [3.63, 3.8) is 0 Å². The molecule has 3 heteroatoms. The summed E-state index contributed by atoms with van der Waals surface area (Å²) in [4.78, 5) is 26.6. The van der Waals surface area contributed by atoms with Gasteiger partial charge >= 0.3 is 0 Å². The van der Waals surface area contributed by atoms with Crippen molar-refractivity contribution in [3.8, 4) is 0 Å². The zero-order valence-corrected chi connectivity index (χ0v) is 13.8. The Labute approximate surface area is 134 Å². The lowest BCUT2D eigenvalue weighted by atomic mass is 9.85. The van der Waals surface area contributed by atoms with Crippen molar-refractivity contribution in [2.75, 3.05) is 6.54 Å². The van der Waals surface area contributed by atoms with Gasteiger partial charge in [-0.05, 0) is 24.7 Å². The Morgan fingerprint density at radius 2 is 1.36 bits per heavy atom. The maximum Gasteiger partial charge on any atom is 0.233 e. The lowest BCUT2D eigenvalue weighted by Gasteiger charge is -2.17. The molecule has 1 heterocycles. The zero-order chi connectivity index (χ0) is 15.5. The third kappa shape index (κ3) is 2.87. The van der Waals surface area contributed by atoms with E-state index >= 15 is 0 Å². The smallest absolute Gasteiger partial charge is 0.233 e. The molecule has 2 bridgehead atoms. The van der Waals surface area contributed by atoms with Gasteiger partial charge in [0.2, 0.25) is 11.8 Å². The highest BCUT2D eigenvalue weighted by molar-refractivity contribution is 6.06. The average Bonchev–Trinajstić information content (AvgIpc) is 3.18. The van der Waals surface area contributed by atoms with Crippen LogP contribution in [0.4, 0.5) is 0 Å². The molecule has 1 saturated heterocycles. The van der Waals surface area contributed by atoms with E-state index in [1.807, 2.05) is 0 Å². The number of allylic oxidation sites excluding steroid dienone is 2. The van der Waals surface area contributed by atoms with Crippen molar-refractivity contribution >= 4 is 11.8 Å². The van der Waals surface area contributed by atoms with Gasteiger partial charge in [-0.2, -0.15) is 0 Å². The first-order valence-electron chi connectivity index (χ1n) is 9.27. The minimum absolute atomic E-state index is 0.0171. The molecule has 0 spiro atoms. The molecule has 2 amide bonds. The molecule has 0 aromatic rings. The Bertz CT molecular complexity index is 426. The first-order valence-corrected chi connectivity index (χ1v) is 9.27. The quantitative estimate of drug-likeness (QED) is 0.367. The number of nitrogens with zero attached hydrogens (tertiary/aromatic N) is 1. The van der Waals surface area contributed by atoms with E-state index in [1.54, 1.807) is 4.90 Å². The minimum atomic E-state index is -0.0171. The highest BCUT2D eigenvalue weighted by atomic mass is 16.2. The fraction of sp³-hybridized carbons (Fsp3) is 0.789. The molecule has 4 atom stereocenters. The largest absolute Gasteiger partial charge is 0.282 e. The molecule has 0 unspecified atom stereocenters. The number of imide groups is 1. The standard InChI is InChI=1S/C19H29NO2/c1-2-3-4-5-6-7-8-9-12-20-18(21)16-14-10-11-15(13-14)17(16)19(20)22/h10-11,14-17H,2-9,12-13H2,1H3/t14-,15+,16+,17-. The van der Waals surface area contributed by atoms with Gasteiger partial charge in [-0.1, -0.05) is 64.0 Å². The number of hydrogen-bond acceptors (Lipinski definition) is 2. The number of unbranched alkanes of at least 4 members (excludes halogenated alkanes) is 7. The summed E-state index contributed by atoms with van der Waals surface area (Å²) in [6.07, 6.45) is 15.3. The molecule has 3 nitrogen and oxygen atoms in total. The van der Waals surface area contributed by atoms with Crippen LogP contribution in [0, 0.1) is 23.7 Å². The van der Waals surface area contributed by atoms with E-state index in [2.05, 4.69) is 19.1 Å². The van der Waals surface area contributed by atoms with Crippen LogP contribution in [0.3, 0.4) is 0 Å². The Balaban J connectivity index is 1.37. The molecule has 1 aliphatic heterocycles. The van der Waals surface area contributed by atoms with E-state index in [0.29, 0.717) is 18.4 Å². The van der Waals surface area contributed by atoms with Crippen molar-refractivity contribution in [2.24, 2.45) is 23.7 Å². The second-order valence-electron chi connectivity index (χ2n) is 7.30. The van der Waals surface area contributed by atoms with Crippen molar-refractivity contribution in [1.29, 1.82) is 0 Å². The highest BCUT2D eigenvalue weighted by Crippen LogP contribution is 2.52. The molecule has 22 heavy (non-hydrogen) atoms. The van der Waals surface area contributed by atoms with Gasteiger partial charge in [0.05, 0.1) is 11.8 Å². The highest BCUT2D eigenvalue weighted by Gasteiger charge is 2.58. The average molecular weight is 303 g/mol. The molecular weight excluding hydrogens is 274 g/mol. The summed E-state index contributed by atoms with van der Waals surface area (Å²) in [5.41, 5.74) is 0. The molecule has 0 aromatic heterocycles. The Morgan fingerprint density at radius 3 is 1.91 bits per heavy atom. The van der Waals surface area contributed by atoms with Gasteiger partial charge in [-0.15, -0.1) is 0 Å². The first-order chi connectivity index (χ1) is 10.7. The van der Waals surface area contributed by atoms with Crippen LogP contribution in [0.5, 0.6) is 0 Å². The lowest BCUT2D eigenvalue weighted by molar-refractivity contribution is -0.140. The second-order valence-corrected chi connectivity index (χ2v) is 7.30. The van der Waals surface area contributed by atoms with Crippen LogP contribution in [0.25, 0.3) is 0 Å². The molecule has 3 aliphatic rings. The summed E-state index contributed by atoms with van der Waals surface area (Å²) in [5.74, 6) is 0.891. The zero-order valence-electron chi connectivity index (χ0n) is 13.8. The van der Waals surface area contributed by atoms with Crippen LogP contribution in [-0.4, -0.2) is 23.3 Å². The summed E-state index contributed by atoms with van der Waals surface area (Å²) in [5, 5.41) is 0. The van der Waals surface area contributed by atoms with Crippen molar-refractivity contribution in [3.05, 3.63) is 12.2 Å². The molecule has 1 saturated carbocycles. The Kier molecular flexibility index (Phi) is 5.00. The maximum absolute atomic E-state index is 12.5. The topological polar surface area (TPSA) is 37.4 Å². The van der Waals surface area contributed by atoms with Gasteiger partial charge in [0.1, 0.15) is 0 Å². The molecule has 0 N–H and O–H groups in total. The summed E-state index contributed by atoms with van der Waals surface area (Å²) in [6, 6.07) is 0. The summed E-state index contributed by atoms with van der Waals surface area (Å²) in [6.45, 7) is 2.89. The van der Waals surface area contributed by atoms with Gasteiger partial charge in [0.25, 0.3) is 0 Å². The summed E-state index contributed by atoms with van der Waals surface area (Å²) < 4.78 is 0. The third-order valence-electron chi connectivity index (χ3n) is 5.80. The Morgan fingerprint density at radius 1 is 0.864 bits per heavy atom. The van der Waals surface area contributed by atoms with E-state index in [0.717, 1.165) is 19.3 Å². The molecule has 0 aromatic carbocycles. The van der Waals surface area contributed by atoms with E-state index in [9.17, 15) is 9.59 Å². The Hall–Kier alpha value is -1.12. The fourth-order valence-corrected chi connectivity index (χ4v) is 4.59. The molecule has 0 radical (unpaired) electrons. The molecule has 2 aliphatic carbocycles. The molecular formula is C19H29NO2. The van der Waals surface area contributed by atoms with Crippen LogP contribution in [0.15, 0.2) is 12.2 Å². The van der Waals surface area contributed by atoms with Crippen LogP contribution < -0.4 is 0 Å². The lowest BCUT2D eigenvalue weighted by Crippen LogP contribution is -2.33. The van der Waals surface area contributed by atoms with Crippen molar-refractivity contribution in [1.82, 2.24) is 4.90 Å². The van der Waals surface area contributed by atoms with Crippen LogP contribution in [-0.2, 0) is 9.59 Å².